The van der Waals surface area contributed by atoms with Gasteiger partial charge in [0, 0.05) is 37.0 Å². The Labute approximate surface area is 177 Å². The molecule has 0 spiro atoms. The summed E-state index contributed by atoms with van der Waals surface area (Å²) in [5.41, 5.74) is 3.57. The van der Waals surface area contributed by atoms with Crippen molar-refractivity contribution in [3.8, 4) is 11.4 Å². The number of carbonyl (C=O) groups excluding carboxylic acids is 1. The molecule has 1 fully saturated rings. The highest BCUT2D eigenvalue weighted by atomic mass is 32.2. The van der Waals surface area contributed by atoms with Crippen molar-refractivity contribution in [1.29, 1.82) is 0 Å². The van der Waals surface area contributed by atoms with E-state index in [1.807, 2.05) is 21.3 Å². The fourth-order valence-electron chi connectivity index (χ4n) is 3.99. The van der Waals surface area contributed by atoms with Crippen molar-refractivity contribution in [3.05, 3.63) is 42.2 Å². The molecule has 6 nitrogen and oxygen atoms in total. The van der Waals surface area contributed by atoms with Crippen LogP contribution in [0, 0.1) is 0 Å². The Kier molecular flexibility index (Phi) is 6.35. The number of amides is 1. The van der Waals surface area contributed by atoms with Gasteiger partial charge in [-0.2, -0.15) is 16.9 Å². The van der Waals surface area contributed by atoms with E-state index in [0.29, 0.717) is 18.3 Å². The molecule has 1 atom stereocenters. The van der Waals surface area contributed by atoms with Crippen molar-refractivity contribution in [2.75, 3.05) is 39.0 Å². The lowest BCUT2D eigenvalue weighted by molar-refractivity contribution is -0.131. The second-order valence-corrected chi connectivity index (χ2v) is 8.84. The molecular formula is C22H29N5OS. The second kappa shape index (κ2) is 9.13. The largest absolute Gasteiger partial charge is 0.338 e. The highest BCUT2D eigenvalue weighted by Crippen LogP contribution is 2.25. The Hall–Kier alpha value is -2.12. The first-order valence-electron chi connectivity index (χ1n) is 10.4. The van der Waals surface area contributed by atoms with E-state index in [4.69, 9.17) is 0 Å². The van der Waals surface area contributed by atoms with Crippen LogP contribution in [-0.4, -0.2) is 74.7 Å². The van der Waals surface area contributed by atoms with Crippen molar-refractivity contribution in [1.82, 2.24) is 24.6 Å². The Morgan fingerprint density at radius 2 is 2.00 bits per heavy atom. The summed E-state index contributed by atoms with van der Waals surface area (Å²) in [4.78, 5) is 21.3. The molecule has 0 bridgehead atoms. The molecule has 2 aliphatic heterocycles. The molecule has 7 heteroatoms. The zero-order valence-electron chi connectivity index (χ0n) is 17.3. The molecular weight excluding hydrogens is 382 g/mol. The SMILES string of the molecule is CCn1cnc(-c2ccc(C3=CCN(C(=O)CN4CCC(SC)C4)CC3)cc2)n1. The van der Waals surface area contributed by atoms with Crippen LogP contribution in [0.5, 0.6) is 0 Å². The maximum atomic E-state index is 12.7. The number of aromatic nitrogens is 3. The third-order valence-corrected chi connectivity index (χ3v) is 6.91. The van der Waals surface area contributed by atoms with Gasteiger partial charge in [0.1, 0.15) is 6.33 Å². The maximum absolute atomic E-state index is 12.7. The lowest BCUT2D eigenvalue weighted by Crippen LogP contribution is -2.41. The number of rotatable bonds is 6. The van der Waals surface area contributed by atoms with Gasteiger partial charge in [0.2, 0.25) is 5.91 Å². The van der Waals surface area contributed by atoms with E-state index in [1.165, 1.54) is 17.6 Å². The average Bonchev–Trinajstić information content (AvgIpc) is 3.43. The second-order valence-electron chi connectivity index (χ2n) is 7.70. The van der Waals surface area contributed by atoms with Gasteiger partial charge >= 0.3 is 0 Å². The van der Waals surface area contributed by atoms with Crippen LogP contribution in [-0.2, 0) is 11.3 Å². The van der Waals surface area contributed by atoms with E-state index in [0.717, 1.165) is 44.0 Å². The fraction of sp³-hybridized carbons (Fsp3) is 0.500. The first kappa shape index (κ1) is 20.2. The van der Waals surface area contributed by atoms with E-state index in [-0.39, 0.29) is 5.91 Å². The summed E-state index contributed by atoms with van der Waals surface area (Å²) < 4.78 is 1.84. The van der Waals surface area contributed by atoms with Crippen LogP contribution in [0.25, 0.3) is 17.0 Å². The van der Waals surface area contributed by atoms with Crippen molar-refractivity contribution in [3.63, 3.8) is 0 Å². The molecule has 2 aliphatic rings. The number of carbonyl (C=O) groups is 1. The normalized spacial score (nSPS) is 20.1. The summed E-state index contributed by atoms with van der Waals surface area (Å²) in [5.74, 6) is 1.02. The van der Waals surface area contributed by atoms with Crippen molar-refractivity contribution in [2.24, 2.45) is 0 Å². The molecule has 29 heavy (non-hydrogen) atoms. The van der Waals surface area contributed by atoms with Gasteiger partial charge in [-0.1, -0.05) is 30.3 Å². The Morgan fingerprint density at radius 1 is 1.21 bits per heavy atom. The van der Waals surface area contributed by atoms with Crippen molar-refractivity contribution in [2.45, 2.75) is 31.6 Å². The molecule has 1 unspecified atom stereocenters. The minimum atomic E-state index is 0.259. The molecule has 4 rings (SSSR count). The van der Waals surface area contributed by atoms with Gasteiger partial charge in [-0.3, -0.25) is 14.4 Å². The zero-order valence-corrected chi connectivity index (χ0v) is 18.1. The highest BCUT2D eigenvalue weighted by Gasteiger charge is 2.26. The van der Waals surface area contributed by atoms with Crippen LogP contribution in [0.4, 0.5) is 0 Å². The smallest absolute Gasteiger partial charge is 0.237 e. The van der Waals surface area contributed by atoms with E-state index in [9.17, 15) is 4.79 Å². The number of benzene rings is 1. The monoisotopic (exact) mass is 411 g/mol. The van der Waals surface area contributed by atoms with Crippen molar-refractivity contribution < 1.29 is 4.79 Å². The molecule has 0 radical (unpaired) electrons. The van der Waals surface area contributed by atoms with E-state index in [1.54, 1.807) is 6.33 Å². The summed E-state index contributed by atoms with van der Waals surface area (Å²) in [6.07, 6.45) is 8.23. The van der Waals surface area contributed by atoms with Gasteiger partial charge in [-0.15, -0.1) is 0 Å². The standard InChI is InChI=1S/C22H29N5OS/c1-3-27-16-23-22(24-27)19-6-4-17(5-7-19)18-8-12-26(13-9-18)21(28)15-25-11-10-20(14-25)29-2/h4-8,16,20H,3,9-15H2,1-2H3. The molecule has 1 saturated heterocycles. The Bertz CT molecular complexity index is 876. The van der Waals surface area contributed by atoms with Crippen LogP contribution in [0.3, 0.4) is 0 Å². The quantitative estimate of drug-likeness (QED) is 0.731. The minimum Gasteiger partial charge on any atom is -0.338 e. The van der Waals surface area contributed by atoms with Crippen LogP contribution < -0.4 is 0 Å². The summed E-state index contributed by atoms with van der Waals surface area (Å²) in [6, 6.07) is 8.44. The predicted molar refractivity (Wildman–Crippen MR) is 119 cm³/mol. The number of aryl methyl sites for hydroxylation is 1. The molecule has 0 N–H and O–H groups in total. The van der Waals surface area contributed by atoms with Gasteiger partial charge in [0.05, 0.1) is 6.54 Å². The number of nitrogens with zero attached hydrogens (tertiary/aromatic N) is 5. The van der Waals surface area contributed by atoms with E-state index < -0.39 is 0 Å². The predicted octanol–water partition coefficient (Wildman–Crippen LogP) is 3.02. The molecule has 154 valence electrons. The third kappa shape index (κ3) is 4.73. The first-order valence-corrected chi connectivity index (χ1v) is 11.7. The molecule has 1 aromatic carbocycles. The lowest BCUT2D eigenvalue weighted by atomic mass is 9.98. The maximum Gasteiger partial charge on any atom is 0.237 e. The van der Waals surface area contributed by atoms with E-state index in [2.05, 4.69) is 58.5 Å². The van der Waals surface area contributed by atoms with Crippen LogP contribution in [0.2, 0.25) is 0 Å². The van der Waals surface area contributed by atoms with Crippen LogP contribution in [0.15, 0.2) is 36.7 Å². The third-order valence-electron chi connectivity index (χ3n) is 5.86. The van der Waals surface area contributed by atoms with Gasteiger partial charge in [-0.25, -0.2) is 4.98 Å². The fourth-order valence-corrected chi connectivity index (χ4v) is 4.70. The molecule has 2 aromatic rings. The first-order chi connectivity index (χ1) is 14.2. The summed E-state index contributed by atoms with van der Waals surface area (Å²) in [7, 11) is 0. The Morgan fingerprint density at radius 3 is 2.62 bits per heavy atom. The molecule has 3 heterocycles. The minimum absolute atomic E-state index is 0.259. The highest BCUT2D eigenvalue weighted by molar-refractivity contribution is 7.99. The molecule has 0 saturated carbocycles. The lowest BCUT2D eigenvalue weighted by Gasteiger charge is -2.28. The Balaban J connectivity index is 1.34. The topological polar surface area (TPSA) is 54.3 Å². The van der Waals surface area contributed by atoms with Gasteiger partial charge in [-0.05, 0) is 43.7 Å². The van der Waals surface area contributed by atoms with Crippen LogP contribution >= 0.6 is 11.8 Å². The van der Waals surface area contributed by atoms with Gasteiger partial charge < -0.3 is 4.90 Å². The number of likely N-dealkylation sites (tertiary alicyclic amines) is 1. The number of hydrogen-bond acceptors (Lipinski definition) is 5. The molecule has 1 aromatic heterocycles. The summed E-state index contributed by atoms with van der Waals surface area (Å²) in [6.45, 7) is 7.03. The van der Waals surface area contributed by atoms with Crippen molar-refractivity contribution >= 4 is 23.2 Å². The number of hydrogen-bond donors (Lipinski definition) is 0. The molecule has 1 amide bonds. The molecule has 0 aliphatic carbocycles. The zero-order chi connectivity index (χ0) is 20.2. The van der Waals surface area contributed by atoms with Crippen LogP contribution in [0.1, 0.15) is 25.3 Å². The average molecular weight is 412 g/mol. The number of thioether (sulfide) groups is 1. The summed E-state index contributed by atoms with van der Waals surface area (Å²) >= 11 is 1.91. The van der Waals surface area contributed by atoms with E-state index >= 15 is 0 Å². The van der Waals surface area contributed by atoms with Gasteiger partial charge in [0.15, 0.2) is 5.82 Å². The summed E-state index contributed by atoms with van der Waals surface area (Å²) in [5, 5.41) is 5.15. The van der Waals surface area contributed by atoms with Gasteiger partial charge in [0.25, 0.3) is 0 Å².